The number of carbonyl (C=O) groups is 1. The number of hydrogen-bond donors (Lipinski definition) is 1. The summed E-state index contributed by atoms with van der Waals surface area (Å²) in [5.74, 6) is -3.10. The Morgan fingerprint density at radius 1 is 1.47 bits per heavy atom. The van der Waals surface area contributed by atoms with Gasteiger partial charge in [-0.15, -0.1) is 0 Å². The van der Waals surface area contributed by atoms with Gasteiger partial charge >= 0.3 is 0 Å². The molecular weight excluding hydrogens is 230 g/mol. The lowest BCUT2D eigenvalue weighted by atomic mass is 10.1. The van der Waals surface area contributed by atoms with Crippen molar-refractivity contribution in [1.82, 2.24) is 4.90 Å². The van der Waals surface area contributed by atoms with Gasteiger partial charge in [-0.3, -0.25) is 4.79 Å². The Labute approximate surface area is 97.2 Å². The molecule has 17 heavy (non-hydrogen) atoms. The van der Waals surface area contributed by atoms with Gasteiger partial charge in [-0.05, 0) is 6.07 Å². The minimum atomic E-state index is -1.08. The monoisotopic (exact) mass is 242 g/mol. The van der Waals surface area contributed by atoms with Crippen molar-refractivity contribution in [2.45, 2.75) is 6.61 Å². The zero-order valence-electron chi connectivity index (χ0n) is 9.44. The Morgan fingerprint density at radius 2 is 2.12 bits per heavy atom. The highest BCUT2D eigenvalue weighted by atomic mass is 19.1. The number of aliphatic hydroxyl groups excluding tert-OH is 1. The highest BCUT2D eigenvalue weighted by Gasteiger charge is 2.19. The van der Waals surface area contributed by atoms with E-state index in [9.17, 15) is 13.6 Å². The Bertz CT molecular complexity index is 459. The highest BCUT2D eigenvalue weighted by Crippen LogP contribution is 2.18. The molecule has 0 fully saturated rings. The second kappa shape index (κ2) is 5.49. The second-order valence-corrected chi connectivity index (χ2v) is 3.57. The van der Waals surface area contributed by atoms with E-state index in [0.717, 1.165) is 18.5 Å². The molecule has 0 aliphatic rings. The maximum atomic E-state index is 13.6. The molecule has 0 saturated carbocycles. The number of benzene rings is 1. The van der Waals surface area contributed by atoms with Crippen LogP contribution in [0.3, 0.4) is 0 Å². The first-order valence-corrected chi connectivity index (χ1v) is 4.80. The lowest BCUT2D eigenvalue weighted by Gasteiger charge is -2.06. The molecule has 0 aliphatic heterocycles. The zero-order chi connectivity index (χ0) is 13.0. The summed E-state index contributed by atoms with van der Waals surface area (Å²) in [4.78, 5) is 16.3. The highest BCUT2D eigenvalue weighted by molar-refractivity contribution is 5.99. The fourth-order valence-corrected chi connectivity index (χ4v) is 1.15. The Hall–Kier alpha value is -1.82. The van der Waals surface area contributed by atoms with Crippen molar-refractivity contribution < 1.29 is 18.7 Å². The minimum absolute atomic E-state index is 0.144. The molecular formula is C11H12F2N2O2. The summed E-state index contributed by atoms with van der Waals surface area (Å²) in [6, 6.07) is 2.00. The van der Waals surface area contributed by atoms with Crippen LogP contribution in [0.15, 0.2) is 17.1 Å². The maximum Gasteiger partial charge on any atom is 0.284 e. The second-order valence-electron chi connectivity index (χ2n) is 3.57. The van der Waals surface area contributed by atoms with Crippen LogP contribution in [0.2, 0.25) is 0 Å². The van der Waals surface area contributed by atoms with E-state index in [1.807, 2.05) is 0 Å². The van der Waals surface area contributed by atoms with Gasteiger partial charge in [0.15, 0.2) is 0 Å². The zero-order valence-corrected chi connectivity index (χ0v) is 9.44. The normalized spacial score (nSPS) is 10.9. The van der Waals surface area contributed by atoms with Gasteiger partial charge in [0.1, 0.15) is 17.2 Å². The molecule has 0 radical (unpaired) electrons. The van der Waals surface area contributed by atoms with Crippen LogP contribution < -0.4 is 0 Å². The van der Waals surface area contributed by atoms with Gasteiger partial charge in [-0.25, -0.2) is 8.78 Å². The molecule has 4 nitrogen and oxygen atoms in total. The van der Waals surface area contributed by atoms with Crippen molar-refractivity contribution in [3.05, 3.63) is 34.9 Å². The molecule has 0 bridgehead atoms. The number of aliphatic hydroxyl groups is 1. The summed E-state index contributed by atoms with van der Waals surface area (Å²) in [5.41, 5.74) is -0.899. The number of nitrogens with zero attached hydrogens (tertiary/aromatic N) is 2. The van der Waals surface area contributed by atoms with Crippen molar-refractivity contribution in [1.29, 1.82) is 0 Å². The molecule has 92 valence electrons. The Morgan fingerprint density at radius 3 is 2.65 bits per heavy atom. The molecule has 0 unspecified atom stereocenters. The fourth-order valence-electron chi connectivity index (χ4n) is 1.15. The molecule has 1 amide bonds. The standard InChI is InChI=1S/C11H12F2N2O2/c1-15(2)6-14-11(17)9-8(12)4-3-7(5-16)10(9)13/h3-4,6,16H,5H2,1-2H3. The lowest BCUT2D eigenvalue weighted by Crippen LogP contribution is -2.12. The van der Waals surface area contributed by atoms with Crippen molar-refractivity contribution in [2.75, 3.05) is 14.1 Å². The summed E-state index contributed by atoms with van der Waals surface area (Å²) in [7, 11) is 3.24. The van der Waals surface area contributed by atoms with E-state index in [1.54, 1.807) is 14.1 Å². The van der Waals surface area contributed by atoms with Gasteiger partial charge in [0, 0.05) is 19.7 Å². The average molecular weight is 242 g/mol. The van der Waals surface area contributed by atoms with E-state index in [4.69, 9.17) is 5.11 Å². The van der Waals surface area contributed by atoms with E-state index in [2.05, 4.69) is 4.99 Å². The van der Waals surface area contributed by atoms with E-state index in [0.29, 0.717) is 0 Å². The fraction of sp³-hybridized carbons (Fsp3) is 0.273. The van der Waals surface area contributed by atoms with Crippen molar-refractivity contribution >= 4 is 12.2 Å². The van der Waals surface area contributed by atoms with Crippen molar-refractivity contribution in [2.24, 2.45) is 4.99 Å². The van der Waals surface area contributed by atoms with Gasteiger partial charge in [-0.1, -0.05) is 6.07 Å². The molecule has 0 atom stereocenters. The molecule has 0 heterocycles. The Kier molecular flexibility index (Phi) is 4.28. The summed E-state index contributed by atoms with van der Waals surface area (Å²) in [6.45, 7) is -0.607. The van der Waals surface area contributed by atoms with Gasteiger partial charge < -0.3 is 10.0 Å². The molecule has 0 saturated heterocycles. The van der Waals surface area contributed by atoms with Crippen LogP contribution in [-0.4, -0.2) is 36.3 Å². The average Bonchev–Trinajstić information content (AvgIpc) is 2.26. The largest absolute Gasteiger partial charge is 0.392 e. The summed E-state index contributed by atoms with van der Waals surface area (Å²) >= 11 is 0. The number of hydrogen-bond acceptors (Lipinski definition) is 2. The predicted molar refractivity (Wildman–Crippen MR) is 58.8 cm³/mol. The SMILES string of the molecule is CN(C)C=NC(=O)c1c(F)ccc(CO)c1F. The maximum absolute atomic E-state index is 13.6. The summed E-state index contributed by atoms with van der Waals surface area (Å²) in [6.07, 6.45) is 1.15. The van der Waals surface area contributed by atoms with Crippen LogP contribution in [-0.2, 0) is 6.61 Å². The van der Waals surface area contributed by atoms with E-state index < -0.39 is 29.7 Å². The third-order valence-electron chi connectivity index (χ3n) is 1.96. The number of amides is 1. The first-order chi connectivity index (χ1) is 7.97. The molecule has 1 N–H and O–H groups in total. The molecule has 0 aliphatic carbocycles. The van der Waals surface area contributed by atoms with Gasteiger partial charge in [0.05, 0.1) is 12.9 Å². The van der Waals surface area contributed by atoms with Gasteiger partial charge in [-0.2, -0.15) is 4.99 Å². The van der Waals surface area contributed by atoms with E-state index in [1.165, 1.54) is 4.90 Å². The number of halogens is 2. The van der Waals surface area contributed by atoms with Crippen LogP contribution in [0.25, 0.3) is 0 Å². The van der Waals surface area contributed by atoms with Crippen molar-refractivity contribution in [3.63, 3.8) is 0 Å². The lowest BCUT2D eigenvalue weighted by molar-refractivity contribution is 0.0994. The van der Waals surface area contributed by atoms with Crippen LogP contribution >= 0.6 is 0 Å². The summed E-state index contributed by atoms with van der Waals surface area (Å²) in [5, 5.41) is 8.81. The van der Waals surface area contributed by atoms with Crippen LogP contribution in [0.1, 0.15) is 15.9 Å². The third-order valence-corrected chi connectivity index (χ3v) is 1.96. The molecule has 0 spiro atoms. The minimum Gasteiger partial charge on any atom is -0.392 e. The smallest absolute Gasteiger partial charge is 0.284 e. The molecule has 6 heteroatoms. The topological polar surface area (TPSA) is 52.9 Å². The number of aliphatic imine (C=N–C) groups is 1. The summed E-state index contributed by atoms with van der Waals surface area (Å²) < 4.78 is 26.9. The van der Waals surface area contributed by atoms with Crippen LogP contribution in [0.4, 0.5) is 8.78 Å². The number of carbonyl (C=O) groups excluding carboxylic acids is 1. The molecule has 1 rings (SSSR count). The van der Waals surface area contributed by atoms with Crippen LogP contribution in [0.5, 0.6) is 0 Å². The Balaban J connectivity index is 3.17. The molecule has 0 aromatic heterocycles. The predicted octanol–water partition coefficient (Wildman–Crippen LogP) is 1.19. The van der Waals surface area contributed by atoms with E-state index >= 15 is 0 Å². The van der Waals surface area contributed by atoms with Crippen molar-refractivity contribution in [3.8, 4) is 0 Å². The molecule has 1 aromatic rings. The van der Waals surface area contributed by atoms with Crippen LogP contribution in [0, 0.1) is 11.6 Å². The van der Waals surface area contributed by atoms with Gasteiger partial charge in [0.25, 0.3) is 5.91 Å². The quantitative estimate of drug-likeness (QED) is 0.639. The van der Waals surface area contributed by atoms with E-state index in [-0.39, 0.29) is 5.56 Å². The first kappa shape index (κ1) is 13.2. The molecule has 1 aromatic carbocycles. The van der Waals surface area contributed by atoms with Gasteiger partial charge in [0.2, 0.25) is 0 Å². The third kappa shape index (κ3) is 3.07. The first-order valence-electron chi connectivity index (χ1n) is 4.80. The number of rotatable bonds is 3.